The molecule has 0 atom stereocenters. The number of fused-ring (bicyclic) bond motifs is 2. The Kier molecular flexibility index (Phi) is 3.48. The van der Waals surface area contributed by atoms with Crippen LogP contribution < -0.4 is 5.32 Å². The zero-order valence-electron chi connectivity index (χ0n) is 11.8. The highest BCUT2D eigenvalue weighted by Crippen LogP contribution is 2.35. The predicted octanol–water partition coefficient (Wildman–Crippen LogP) is 4.01. The largest absolute Gasteiger partial charge is 0.326 e. The summed E-state index contributed by atoms with van der Waals surface area (Å²) in [6.45, 7) is 0. The van der Waals surface area contributed by atoms with E-state index in [-0.39, 0.29) is 12.3 Å². The molecule has 0 bridgehead atoms. The van der Waals surface area contributed by atoms with Gasteiger partial charge >= 0.3 is 0 Å². The number of aromatic nitrogens is 3. The number of benzene rings is 2. The number of hydrogen-bond acceptors (Lipinski definition) is 4. The van der Waals surface area contributed by atoms with E-state index in [1.54, 1.807) is 29.5 Å². The van der Waals surface area contributed by atoms with Crippen LogP contribution in [0.15, 0.2) is 42.5 Å². The molecule has 1 amide bonds. The van der Waals surface area contributed by atoms with Crippen molar-refractivity contribution in [3.63, 3.8) is 0 Å². The average molecular weight is 343 g/mol. The molecule has 4 rings (SSSR count). The van der Waals surface area contributed by atoms with Crippen molar-refractivity contribution in [2.24, 2.45) is 0 Å². The van der Waals surface area contributed by atoms with E-state index in [4.69, 9.17) is 11.6 Å². The third kappa shape index (κ3) is 2.67. The molecule has 0 spiro atoms. The van der Waals surface area contributed by atoms with Crippen molar-refractivity contribution in [2.75, 3.05) is 5.32 Å². The van der Waals surface area contributed by atoms with E-state index in [1.807, 2.05) is 24.3 Å². The summed E-state index contributed by atoms with van der Waals surface area (Å²) in [5, 5.41) is 15.1. The Hall–Kier alpha value is -2.44. The summed E-state index contributed by atoms with van der Waals surface area (Å²) >= 11 is 7.92. The van der Waals surface area contributed by atoms with Gasteiger partial charge in [0.2, 0.25) is 5.91 Å². The van der Waals surface area contributed by atoms with Crippen LogP contribution in [0.4, 0.5) is 5.69 Å². The Labute approximate surface area is 140 Å². The number of carbonyl (C=O) groups excluding carboxylic acids is 1. The Bertz CT molecular complexity index is 1020. The number of carbonyl (C=O) groups is 1. The van der Waals surface area contributed by atoms with E-state index in [9.17, 15) is 4.79 Å². The molecule has 2 heterocycles. The number of rotatable bonds is 3. The zero-order chi connectivity index (χ0) is 15.8. The first-order valence-corrected chi connectivity index (χ1v) is 8.16. The maximum absolute atomic E-state index is 12.3. The van der Waals surface area contributed by atoms with E-state index < -0.39 is 0 Å². The van der Waals surface area contributed by atoms with Crippen LogP contribution in [0.3, 0.4) is 0 Å². The van der Waals surface area contributed by atoms with Crippen molar-refractivity contribution >= 4 is 55.7 Å². The molecule has 0 aliphatic rings. The van der Waals surface area contributed by atoms with Crippen LogP contribution in [-0.2, 0) is 11.2 Å². The quantitative estimate of drug-likeness (QED) is 0.591. The molecule has 5 nitrogen and oxygen atoms in total. The second-order valence-electron chi connectivity index (χ2n) is 5.09. The highest BCUT2D eigenvalue weighted by Gasteiger charge is 2.14. The van der Waals surface area contributed by atoms with Gasteiger partial charge in [-0.2, -0.15) is 15.4 Å². The Morgan fingerprint density at radius 3 is 2.87 bits per heavy atom. The lowest BCUT2D eigenvalue weighted by Gasteiger charge is -2.04. The van der Waals surface area contributed by atoms with Gasteiger partial charge in [0.05, 0.1) is 11.4 Å². The van der Waals surface area contributed by atoms with Crippen LogP contribution in [0, 0.1) is 0 Å². The molecule has 0 saturated heterocycles. The highest BCUT2D eigenvalue weighted by atomic mass is 35.5. The number of aromatic amines is 1. The van der Waals surface area contributed by atoms with Crippen LogP contribution in [0.1, 0.15) is 4.88 Å². The molecular weight excluding hydrogens is 332 g/mol. The fourth-order valence-electron chi connectivity index (χ4n) is 2.45. The molecule has 0 saturated carbocycles. The molecule has 0 fully saturated rings. The minimum Gasteiger partial charge on any atom is -0.326 e. The maximum atomic E-state index is 12.3. The number of thiophene rings is 1. The Morgan fingerprint density at radius 1 is 1.17 bits per heavy atom. The summed E-state index contributed by atoms with van der Waals surface area (Å²) < 4.78 is 1.09. The Balaban J connectivity index is 1.55. The van der Waals surface area contributed by atoms with Gasteiger partial charge in [0.25, 0.3) is 0 Å². The summed E-state index contributed by atoms with van der Waals surface area (Å²) in [6, 6.07) is 13.3. The van der Waals surface area contributed by atoms with Gasteiger partial charge in [0, 0.05) is 20.7 Å². The van der Waals surface area contributed by atoms with Crippen molar-refractivity contribution in [2.45, 2.75) is 6.42 Å². The van der Waals surface area contributed by atoms with Crippen molar-refractivity contribution in [1.82, 2.24) is 15.4 Å². The van der Waals surface area contributed by atoms with Crippen LogP contribution in [0.5, 0.6) is 0 Å². The van der Waals surface area contributed by atoms with Crippen LogP contribution in [0.2, 0.25) is 5.02 Å². The maximum Gasteiger partial charge on any atom is 0.229 e. The number of nitrogens with zero attached hydrogens (tertiary/aromatic N) is 2. The molecule has 0 radical (unpaired) electrons. The topological polar surface area (TPSA) is 70.7 Å². The van der Waals surface area contributed by atoms with Gasteiger partial charge in [0.15, 0.2) is 0 Å². The average Bonchev–Trinajstić information content (AvgIpc) is 3.12. The molecule has 0 unspecified atom stereocenters. The smallest absolute Gasteiger partial charge is 0.229 e. The molecule has 2 N–H and O–H groups in total. The molecule has 2 aromatic carbocycles. The minimum absolute atomic E-state index is 0.110. The van der Waals surface area contributed by atoms with Crippen molar-refractivity contribution < 1.29 is 4.79 Å². The van der Waals surface area contributed by atoms with Gasteiger partial charge in [-0.25, -0.2) is 0 Å². The van der Waals surface area contributed by atoms with Crippen LogP contribution in [-0.4, -0.2) is 21.3 Å². The Morgan fingerprint density at radius 2 is 2.00 bits per heavy atom. The van der Waals surface area contributed by atoms with Gasteiger partial charge in [-0.05, 0) is 24.3 Å². The summed E-state index contributed by atoms with van der Waals surface area (Å²) in [7, 11) is 0. The second kappa shape index (κ2) is 5.64. The predicted molar refractivity (Wildman–Crippen MR) is 93.1 cm³/mol. The summed E-state index contributed by atoms with van der Waals surface area (Å²) in [4.78, 5) is 13.1. The number of anilines is 1. The molecular formula is C16H11ClN4OS. The highest BCUT2D eigenvalue weighted by molar-refractivity contribution is 7.19. The molecule has 23 heavy (non-hydrogen) atoms. The van der Waals surface area contributed by atoms with Gasteiger partial charge in [0.1, 0.15) is 11.0 Å². The fourth-order valence-corrected chi connectivity index (χ4v) is 3.95. The molecule has 7 heteroatoms. The monoisotopic (exact) mass is 342 g/mol. The number of halogens is 1. The normalized spacial score (nSPS) is 11.2. The molecule has 0 aliphatic carbocycles. The number of hydrogen-bond donors (Lipinski definition) is 2. The number of H-pyrrole nitrogens is 1. The summed E-state index contributed by atoms with van der Waals surface area (Å²) in [5.74, 6) is -0.110. The minimum atomic E-state index is -0.110. The van der Waals surface area contributed by atoms with Crippen molar-refractivity contribution in [3.05, 3.63) is 52.4 Å². The molecule has 4 aromatic rings. The van der Waals surface area contributed by atoms with Crippen molar-refractivity contribution in [3.8, 4) is 0 Å². The van der Waals surface area contributed by atoms with Gasteiger partial charge < -0.3 is 5.32 Å². The molecule has 0 aliphatic heterocycles. The standard InChI is InChI=1S/C16H11ClN4OS/c17-16-10-3-1-2-4-13(10)23-14(16)8-15(22)18-9-5-6-11-12(7-9)20-21-19-11/h1-7H,8H2,(H,18,22)(H,19,20,21). The first-order valence-electron chi connectivity index (χ1n) is 6.97. The van der Waals surface area contributed by atoms with E-state index in [0.29, 0.717) is 16.2 Å². The number of nitrogens with one attached hydrogen (secondary N) is 2. The van der Waals surface area contributed by atoms with Gasteiger partial charge in [-0.15, -0.1) is 11.3 Å². The van der Waals surface area contributed by atoms with Gasteiger partial charge in [-0.1, -0.05) is 29.8 Å². The lowest BCUT2D eigenvalue weighted by Crippen LogP contribution is -2.13. The summed E-state index contributed by atoms with van der Waals surface area (Å²) in [6.07, 6.45) is 0.245. The third-order valence-corrected chi connectivity index (χ3v) is 5.24. The fraction of sp³-hybridized carbons (Fsp3) is 0.0625. The van der Waals surface area contributed by atoms with E-state index >= 15 is 0 Å². The van der Waals surface area contributed by atoms with Gasteiger partial charge in [-0.3, -0.25) is 4.79 Å². The molecule has 2 aromatic heterocycles. The van der Waals surface area contributed by atoms with E-state index in [2.05, 4.69) is 20.7 Å². The summed E-state index contributed by atoms with van der Waals surface area (Å²) in [5.41, 5.74) is 2.16. The lowest BCUT2D eigenvalue weighted by atomic mass is 10.2. The zero-order valence-corrected chi connectivity index (χ0v) is 13.4. The van der Waals surface area contributed by atoms with Crippen molar-refractivity contribution in [1.29, 1.82) is 0 Å². The van der Waals surface area contributed by atoms with Crippen LogP contribution in [0.25, 0.3) is 21.1 Å². The molecule has 114 valence electrons. The second-order valence-corrected chi connectivity index (χ2v) is 6.60. The first kappa shape index (κ1) is 14.2. The van der Waals surface area contributed by atoms with Crippen LogP contribution >= 0.6 is 22.9 Å². The van der Waals surface area contributed by atoms with E-state index in [0.717, 1.165) is 20.5 Å². The first-order chi connectivity index (χ1) is 11.2. The number of amides is 1. The lowest BCUT2D eigenvalue weighted by molar-refractivity contribution is -0.115. The SMILES string of the molecule is O=C(Cc1sc2ccccc2c1Cl)Nc1ccc2n[nH]nc2c1. The van der Waals surface area contributed by atoms with E-state index in [1.165, 1.54) is 0 Å². The third-order valence-electron chi connectivity index (χ3n) is 3.52.